The molecule has 1 aromatic carbocycles. The van der Waals surface area contributed by atoms with Crippen LogP contribution < -0.4 is 9.47 Å². The van der Waals surface area contributed by atoms with Crippen molar-refractivity contribution in [1.82, 2.24) is 0 Å². The number of hydrogen-bond donors (Lipinski definition) is 0. The van der Waals surface area contributed by atoms with Gasteiger partial charge in [-0.25, -0.2) is 0 Å². The average Bonchev–Trinajstić information content (AvgIpc) is 2.38. The summed E-state index contributed by atoms with van der Waals surface area (Å²) in [7, 11) is 3.28. The predicted molar refractivity (Wildman–Crippen MR) is 78.3 cm³/mol. The first-order valence-corrected chi connectivity index (χ1v) is 6.82. The quantitative estimate of drug-likeness (QED) is 0.726. The van der Waals surface area contributed by atoms with Gasteiger partial charge in [0.05, 0.1) is 14.2 Å². The van der Waals surface area contributed by atoms with Crippen LogP contribution in [-0.4, -0.2) is 14.2 Å². The molecule has 0 amide bonds. The van der Waals surface area contributed by atoms with Crippen molar-refractivity contribution in [1.29, 1.82) is 0 Å². The lowest BCUT2D eigenvalue weighted by Crippen LogP contribution is -2.01. The molecule has 1 rings (SSSR count). The van der Waals surface area contributed by atoms with Crippen LogP contribution in [-0.2, 0) is 0 Å². The molecule has 18 heavy (non-hydrogen) atoms. The molecule has 1 unspecified atom stereocenters. The highest BCUT2D eigenvalue weighted by Crippen LogP contribution is 2.39. The Morgan fingerprint density at radius 2 is 1.89 bits per heavy atom. The standard InChI is InChI=1S/C15H19BrO2/c1-5-7-11(8-6-2)12-9-14(17-3)15(18-4)10-13(12)16/h1,9-11H,6-8H2,2-4H3. The Balaban J connectivity index is 3.17. The van der Waals surface area contributed by atoms with Crippen molar-refractivity contribution in [3.63, 3.8) is 0 Å². The minimum absolute atomic E-state index is 0.356. The summed E-state index contributed by atoms with van der Waals surface area (Å²) < 4.78 is 11.6. The normalized spacial score (nSPS) is 11.7. The van der Waals surface area contributed by atoms with E-state index in [1.165, 1.54) is 5.56 Å². The number of benzene rings is 1. The maximum Gasteiger partial charge on any atom is 0.161 e. The molecule has 0 spiro atoms. The molecule has 0 N–H and O–H groups in total. The van der Waals surface area contributed by atoms with E-state index in [9.17, 15) is 0 Å². The van der Waals surface area contributed by atoms with E-state index in [0.29, 0.717) is 5.92 Å². The molecule has 0 saturated heterocycles. The van der Waals surface area contributed by atoms with Crippen LogP contribution >= 0.6 is 15.9 Å². The fourth-order valence-electron chi connectivity index (χ4n) is 2.04. The Morgan fingerprint density at radius 1 is 1.28 bits per heavy atom. The summed E-state index contributed by atoms with van der Waals surface area (Å²) >= 11 is 3.59. The molecule has 0 bridgehead atoms. The van der Waals surface area contributed by atoms with Gasteiger partial charge in [-0.1, -0.05) is 29.3 Å². The zero-order chi connectivity index (χ0) is 13.5. The van der Waals surface area contributed by atoms with E-state index in [2.05, 4.69) is 28.8 Å². The van der Waals surface area contributed by atoms with Gasteiger partial charge in [0.25, 0.3) is 0 Å². The van der Waals surface area contributed by atoms with Gasteiger partial charge in [0.2, 0.25) is 0 Å². The minimum atomic E-state index is 0.356. The highest BCUT2D eigenvalue weighted by molar-refractivity contribution is 9.10. The number of halogens is 1. The first-order valence-electron chi connectivity index (χ1n) is 6.02. The Hall–Kier alpha value is -1.14. The summed E-state index contributed by atoms with van der Waals surface area (Å²) in [6.07, 6.45) is 8.36. The topological polar surface area (TPSA) is 18.5 Å². The van der Waals surface area contributed by atoms with Gasteiger partial charge in [0, 0.05) is 10.9 Å². The predicted octanol–water partition coefficient (Wildman–Crippen LogP) is 4.37. The lowest BCUT2D eigenvalue weighted by Gasteiger charge is -2.18. The van der Waals surface area contributed by atoms with Crippen molar-refractivity contribution < 1.29 is 9.47 Å². The van der Waals surface area contributed by atoms with Crippen LogP contribution in [0.4, 0.5) is 0 Å². The molecule has 1 atom stereocenters. The number of ether oxygens (including phenoxy) is 2. The Bertz CT molecular complexity index is 435. The largest absolute Gasteiger partial charge is 0.493 e. The zero-order valence-electron chi connectivity index (χ0n) is 11.1. The van der Waals surface area contributed by atoms with Crippen LogP contribution in [0.15, 0.2) is 16.6 Å². The number of hydrogen-bond acceptors (Lipinski definition) is 2. The highest BCUT2D eigenvalue weighted by Gasteiger charge is 2.16. The van der Waals surface area contributed by atoms with Crippen molar-refractivity contribution in [2.45, 2.75) is 32.1 Å². The van der Waals surface area contributed by atoms with E-state index in [4.69, 9.17) is 15.9 Å². The molecule has 2 nitrogen and oxygen atoms in total. The molecular formula is C15H19BrO2. The lowest BCUT2D eigenvalue weighted by molar-refractivity contribution is 0.353. The molecule has 0 aliphatic carbocycles. The summed E-state index contributed by atoms with van der Waals surface area (Å²) in [6.45, 7) is 2.16. The molecular weight excluding hydrogens is 292 g/mol. The highest BCUT2D eigenvalue weighted by atomic mass is 79.9. The maximum absolute atomic E-state index is 5.45. The monoisotopic (exact) mass is 310 g/mol. The summed E-state index contributed by atoms with van der Waals surface area (Å²) in [5, 5.41) is 0. The Labute approximate surface area is 118 Å². The molecule has 0 fully saturated rings. The molecule has 0 aliphatic rings. The van der Waals surface area contributed by atoms with Crippen LogP contribution in [0.1, 0.15) is 37.7 Å². The van der Waals surface area contributed by atoms with E-state index < -0.39 is 0 Å². The van der Waals surface area contributed by atoms with Gasteiger partial charge in [-0.2, -0.15) is 0 Å². The van der Waals surface area contributed by atoms with E-state index in [0.717, 1.165) is 35.2 Å². The summed E-state index contributed by atoms with van der Waals surface area (Å²) in [5.74, 6) is 4.58. The van der Waals surface area contributed by atoms with Gasteiger partial charge < -0.3 is 9.47 Å². The van der Waals surface area contributed by atoms with Gasteiger partial charge in [0.15, 0.2) is 11.5 Å². The summed E-state index contributed by atoms with van der Waals surface area (Å²) in [4.78, 5) is 0. The maximum atomic E-state index is 5.45. The van der Waals surface area contributed by atoms with Crippen LogP contribution in [0, 0.1) is 12.3 Å². The first-order chi connectivity index (χ1) is 8.67. The van der Waals surface area contributed by atoms with Gasteiger partial charge in [-0.3, -0.25) is 0 Å². The SMILES string of the molecule is C#CCC(CCC)c1cc(OC)c(OC)cc1Br. The number of terminal acetylenes is 1. The van der Waals surface area contributed by atoms with Crippen LogP contribution in [0.2, 0.25) is 0 Å². The second kappa shape index (κ2) is 7.33. The summed E-state index contributed by atoms with van der Waals surface area (Å²) in [5.41, 5.74) is 1.19. The van der Waals surface area contributed by atoms with Crippen LogP contribution in [0.3, 0.4) is 0 Å². The average molecular weight is 311 g/mol. The number of methoxy groups -OCH3 is 2. The van der Waals surface area contributed by atoms with Crippen molar-refractivity contribution in [3.8, 4) is 23.8 Å². The molecule has 98 valence electrons. The van der Waals surface area contributed by atoms with E-state index in [-0.39, 0.29) is 0 Å². The third kappa shape index (κ3) is 3.43. The van der Waals surface area contributed by atoms with Gasteiger partial charge in [0.1, 0.15) is 0 Å². The van der Waals surface area contributed by atoms with E-state index in [1.54, 1.807) is 14.2 Å². The van der Waals surface area contributed by atoms with Gasteiger partial charge in [-0.05, 0) is 30.0 Å². The first kappa shape index (κ1) is 14.9. The molecule has 3 heteroatoms. The smallest absolute Gasteiger partial charge is 0.161 e. The molecule has 0 aliphatic heterocycles. The van der Waals surface area contributed by atoms with Crippen LogP contribution in [0.25, 0.3) is 0 Å². The van der Waals surface area contributed by atoms with Crippen molar-refractivity contribution in [2.24, 2.45) is 0 Å². The third-order valence-corrected chi connectivity index (χ3v) is 3.63. The molecule has 0 heterocycles. The molecule has 1 aromatic rings. The Morgan fingerprint density at radius 3 is 2.39 bits per heavy atom. The molecule has 0 aromatic heterocycles. The third-order valence-electron chi connectivity index (χ3n) is 2.94. The van der Waals surface area contributed by atoms with Crippen LogP contribution in [0.5, 0.6) is 11.5 Å². The van der Waals surface area contributed by atoms with Gasteiger partial charge >= 0.3 is 0 Å². The van der Waals surface area contributed by atoms with E-state index >= 15 is 0 Å². The second-order valence-corrected chi connectivity index (χ2v) is 4.98. The summed E-state index contributed by atoms with van der Waals surface area (Å²) in [6, 6.07) is 3.95. The second-order valence-electron chi connectivity index (χ2n) is 4.12. The molecule has 0 radical (unpaired) electrons. The zero-order valence-corrected chi connectivity index (χ0v) is 12.7. The Kier molecular flexibility index (Phi) is 6.07. The van der Waals surface area contributed by atoms with Crippen molar-refractivity contribution in [2.75, 3.05) is 14.2 Å². The molecule has 0 saturated carbocycles. The number of rotatable bonds is 6. The fraction of sp³-hybridized carbons (Fsp3) is 0.467. The fourth-order valence-corrected chi connectivity index (χ4v) is 2.69. The van der Waals surface area contributed by atoms with Crippen molar-refractivity contribution in [3.05, 3.63) is 22.2 Å². The minimum Gasteiger partial charge on any atom is -0.493 e. The van der Waals surface area contributed by atoms with Gasteiger partial charge in [-0.15, -0.1) is 12.3 Å². The lowest BCUT2D eigenvalue weighted by atomic mass is 9.91. The van der Waals surface area contributed by atoms with E-state index in [1.807, 2.05) is 12.1 Å². The van der Waals surface area contributed by atoms with Crippen molar-refractivity contribution >= 4 is 15.9 Å².